The maximum Gasteiger partial charge on any atom is 0.150 e. The summed E-state index contributed by atoms with van der Waals surface area (Å²) >= 11 is 0. The summed E-state index contributed by atoms with van der Waals surface area (Å²) in [7, 11) is -2.81. The molecule has 1 saturated heterocycles. The Labute approximate surface area is 112 Å². The van der Waals surface area contributed by atoms with Crippen molar-refractivity contribution >= 4 is 26.4 Å². The van der Waals surface area contributed by atoms with E-state index in [9.17, 15) is 8.42 Å². The van der Waals surface area contributed by atoms with Gasteiger partial charge in [0.05, 0.1) is 11.5 Å². The average Bonchev–Trinajstić information content (AvgIpc) is 2.42. The van der Waals surface area contributed by atoms with Crippen molar-refractivity contribution in [1.82, 2.24) is 4.98 Å². The summed E-state index contributed by atoms with van der Waals surface area (Å²) in [6.45, 7) is 0. The van der Waals surface area contributed by atoms with Gasteiger partial charge in [-0.2, -0.15) is 0 Å². The predicted molar refractivity (Wildman–Crippen MR) is 77.0 cm³/mol. The zero-order valence-electron chi connectivity index (χ0n) is 10.5. The number of nitrogens with one attached hydrogen (secondary N) is 1. The molecule has 0 unspecified atom stereocenters. The van der Waals surface area contributed by atoms with Crippen LogP contribution in [0.4, 0.5) is 5.82 Å². The van der Waals surface area contributed by atoms with Crippen LogP contribution in [0.3, 0.4) is 0 Å². The van der Waals surface area contributed by atoms with Gasteiger partial charge in [0.15, 0.2) is 0 Å². The largest absolute Gasteiger partial charge is 0.367 e. The molecular weight excluding hydrogens is 260 g/mol. The van der Waals surface area contributed by atoms with Gasteiger partial charge >= 0.3 is 0 Å². The number of hydrogen-bond donors (Lipinski definition) is 1. The molecule has 0 saturated carbocycles. The topological polar surface area (TPSA) is 59.1 Å². The molecule has 1 N–H and O–H groups in total. The van der Waals surface area contributed by atoms with Gasteiger partial charge in [-0.25, -0.2) is 13.4 Å². The maximum atomic E-state index is 11.4. The molecule has 1 aliphatic heterocycles. The summed E-state index contributed by atoms with van der Waals surface area (Å²) in [6, 6.07) is 10.2. The Balaban J connectivity index is 1.83. The molecule has 1 aromatic carbocycles. The number of fused-ring (bicyclic) bond motifs is 1. The van der Waals surface area contributed by atoms with Gasteiger partial charge in [0.1, 0.15) is 15.7 Å². The third kappa shape index (κ3) is 2.71. The number of nitrogens with zero attached hydrogens (tertiary/aromatic N) is 1. The Morgan fingerprint density at radius 3 is 2.63 bits per heavy atom. The first-order valence-corrected chi connectivity index (χ1v) is 8.27. The minimum atomic E-state index is -2.81. The summed E-state index contributed by atoms with van der Waals surface area (Å²) in [5, 5.41) is 5.61. The lowest BCUT2D eigenvalue weighted by Gasteiger charge is -2.24. The first-order valence-electron chi connectivity index (χ1n) is 6.45. The van der Waals surface area contributed by atoms with Crippen LogP contribution in [0, 0.1) is 0 Å². The van der Waals surface area contributed by atoms with Crippen LogP contribution in [0.1, 0.15) is 12.8 Å². The SMILES string of the molecule is O=S1(=O)CCC(Nc2nccc3ccccc23)CC1. The van der Waals surface area contributed by atoms with Gasteiger partial charge in [0.25, 0.3) is 0 Å². The molecule has 2 aromatic rings. The number of anilines is 1. The smallest absolute Gasteiger partial charge is 0.150 e. The van der Waals surface area contributed by atoms with Gasteiger partial charge < -0.3 is 5.32 Å². The summed E-state index contributed by atoms with van der Waals surface area (Å²) < 4.78 is 22.8. The molecule has 5 heteroatoms. The summed E-state index contributed by atoms with van der Waals surface area (Å²) in [4.78, 5) is 4.38. The van der Waals surface area contributed by atoms with E-state index in [0.29, 0.717) is 12.8 Å². The lowest BCUT2D eigenvalue weighted by Crippen LogP contribution is -2.32. The highest BCUT2D eigenvalue weighted by molar-refractivity contribution is 7.91. The molecule has 2 heterocycles. The average molecular weight is 276 g/mol. The monoisotopic (exact) mass is 276 g/mol. The Morgan fingerprint density at radius 2 is 1.84 bits per heavy atom. The van der Waals surface area contributed by atoms with E-state index in [1.54, 1.807) is 6.20 Å². The molecule has 0 aliphatic carbocycles. The Kier molecular flexibility index (Phi) is 3.14. The standard InChI is InChI=1S/C14H16N2O2S/c17-19(18)9-6-12(7-10-19)16-14-13-4-2-1-3-11(13)5-8-15-14/h1-5,8,12H,6-7,9-10H2,(H,15,16). The summed E-state index contributed by atoms with van der Waals surface area (Å²) in [5.74, 6) is 1.40. The molecule has 0 radical (unpaired) electrons. The molecule has 1 fully saturated rings. The third-order valence-electron chi connectivity index (χ3n) is 3.57. The number of benzene rings is 1. The van der Waals surface area contributed by atoms with Gasteiger partial charge in [-0.05, 0) is 24.3 Å². The zero-order valence-corrected chi connectivity index (χ0v) is 11.4. The molecule has 0 spiro atoms. The fourth-order valence-corrected chi connectivity index (χ4v) is 3.95. The van der Waals surface area contributed by atoms with Crippen LogP contribution in [0.2, 0.25) is 0 Å². The number of aromatic nitrogens is 1. The predicted octanol–water partition coefficient (Wildman–Crippen LogP) is 2.22. The molecule has 3 rings (SSSR count). The quantitative estimate of drug-likeness (QED) is 0.913. The molecule has 0 amide bonds. The number of hydrogen-bond acceptors (Lipinski definition) is 4. The second kappa shape index (κ2) is 4.81. The van der Waals surface area contributed by atoms with Crippen molar-refractivity contribution in [1.29, 1.82) is 0 Å². The van der Waals surface area contributed by atoms with E-state index in [1.165, 1.54) is 0 Å². The lowest BCUT2D eigenvalue weighted by atomic mass is 10.1. The summed E-state index contributed by atoms with van der Waals surface area (Å²) in [6.07, 6.45) is 3.10. The molecule has 0 atom stereocenters. The van der Waals surface area contributed by atoms with Crippen molar-refractivity contribution in [3.63, 3.8) is 0 Å². The highest BCUT2D eigenvalue weighted by Crippen LogP contribution is 2.23. The van der Waals surface area contributed by atoms with Crippen molar-refractivity contribution in [2.24, 2.45) is 0 Å². The third-order valence-corrected chi connectivity index (χ3v) is 5.28. The molecule has 1 aliphatic rings. The van der Waals surface area contributed by atoms with Crippen LogP contribution in [0.5, 0.6) is 0 Å². The van der Waals surface area contributed by atoms with E-state index < -0.39 is 9.84 Å². The van der Waals surface area contributed by atoms with E-state index in [4.69, 9.17) is 0 Å². The van der Waals surface area contributed by atoms with Crippen LogP contribution in [-0.2, 0) is 9.84 Å². The first-order chi connectivity index (χ1) is 9.14. The van der Waals surface area contributed by atoms with Crippen molar-refractivity contribution in [3.8, 4) is 0 Å². The van der Waals surface area contributed by atoms with Gasteiger partial charge in [0, 0.05) is 17.6 Å². The normalized spacial score (nSPS) is 19.4. The molecule has 4 nitrogen and oxygen atoms in total. The van der Waals surface area contributed by atoms with Crippen LogP contribution in [-0.4, -0.2) is 30.9 Å². The molecular formula is C14H16N2O2S. The zero-order chi connectivity index (χ0) is 13.3. The van der Waals surface area contributed by atoms with Crippen LogP contribution in [0.25, 0.3) is 10.8 Å². The minimum Gasteiger partial charge on any atom is -0.367 e. The van der Waals surface area contributed by atoms with Crippen molar-refractivity contribution in [2.45, 2.75) is 18.9 Å². The minimum absolute atomic E-state index is 0.196. The van der Waals surface area contributed by atoms with Crippen molar-refractivity contribution in [2.75, 3.05) is 16.8 Å². The molecule has 0 bridgehead atoms. The van der Waals surface area contributed by atoms with Gasteiger partial charge in [-0.1, -0.05) is 24.3 Å². The summed E-state index contributed by atoms with van der Waals surface area (Å²) in [5.41, 5.74) is 0. The van der Waals surface area contributed by atoms with Gasteiger partial charge in [-0.15, -0.1) is 0 Å². The van der Waals surface area contributed by atoms with E-state index in [1.807, 2.05) is 30.3 Å². The van der Waals surface area contributed by atoms with E-state index in [2.05, 4.69) is 10.3 Å². The van der Waals surface area contributed by atoms with Crippen molar-refractivity contribution in [3.05, 3.63) is 36.5 Å². The second-order valence-corrected chi connectivity index (χ2v) is 7.25. The van der Waals surface area contributed by atoms with E-state index >= 15 is 0 Å². The lowest BCUT2D eigenvalue weighted by molar-refractivity contribution is 0.559. The van der Waals surface area contributed by atoms with E-state index in [-0.39, 0.29) is 17.5 Å². The van der Waals surface area contributed by atoms with Crippen LogP contribution < -0.4 is 5.32 Å². The Bertz CT molecular complexity index is 678. The number of pyridine rings is 1. The maximum absolute atomic E-state index is 11.4. The number of rotatable bonds is 2. The highest BCUT2D eigenvalue weighted by atomic mass is 32.2. The van der Waals surface area contributed by atoms with Crippen LogP contribution in [0.15, 0.2) is 36.5 Å². The molecule has 1 aromatic heterocycles. The fraction of sp³-hybridized carbons (Fsp3) is 0.357. The Morgan fingerprint density at radius 1 is 1.11 bits per heavy atom. The first kappa shape index (κ1) is 12.4. The Hall–Kier alpha value is -1.62. The van der Waals surface area contributed by atoms with Crippen molar-refractivity contribution < 1.29 is 8.42 Å². The van der Waals surface area contributed by atoms with E-state index in [0.717, 1.165) is 16.6 Å². The van der Waals surface area contributed by atoms with Gasteiger partial charge in [0.2, 0.25) is 0 Å². The fourth-order valence-electron chi connectivity index (χ4n) is 2.46. The molecule has 19 heavy (non-hydrogen) atoms. The molecule has 100 valence electrons. The van der Waals surface area contributed by atoms with Gasteiger partial charge in [-0.3, -0.25) is 0 Å². The second-order valence-electron chi connectivity index (χ2n) is 4.95. The van der Waals surface area contributed by atoms with Crippen LogP contribution >= 0.6 is 0 Å². The number of sulfone groups is 1. The highest BCUT2D eigenvalue weighted by Gasteiger charge is 2.23.